The minimum Gasteiger partial charge on any atom is -0.498 e. The Morgan fingerprint density at radius 3 is 2.91 bits per heavy atom. The van der Waals surface area contributed by atoms with Gasteiger partial charge in [-0.15, -0.1) is 0 Å². The summed E-state index contributed by atoms with van der Waals surface area (Å²) >= 11 is 0. The standard InChI is InChI=1S/C21H30O2/c1-3-12-23-15-5-7-16-14(13-15)4-6-18-17(16)10-11-21(2)19(18)8-9-20(21)22/h4,13,16-19H,3,5-12H2,1-2H3/t16-,17+,18+,19-,21-/m0/s1. The van der Waals surface area contributed by atoms with Crippen molar-refractivity contribution in [3.05, 3.63) is 23.5 Å². The van der Waals surface area contributed by atoms with E-state index in [0.717, 1.165) is 56.5 Å². The number of allylic oxidation sites excluding steroid dienone is 4. The largest absolute Gasteiger partial charge is 0.498 e. The molecule has 4 aliphatic carbocycles. The molecule has 4 aliphatic rings. The minimum absolute atomic E-state index is 0.00636. The van der Waals surface area contributed by atoms with Crippen molar-refractivity contribution in [3.63, 3.8) is 0 Å². The van der Waals surface area contributed by atoms with Crippen LogP contribution in [-0.4, -0.2) is 12.4 Å². The van der Waals surface area contributed by atoms with Gasteiger partial charge < -0.3 is 4.74 Å². The van der Waals surface area contributed by atoms with Gasteiger partial charge in [-0.25, -0.2) is 0 Å². The highest BCUT2D eigenvalue weighted by Crippen LogP contribution is 2.59. The molecule has 0 bridgehead atoms. The van der Waals surface area contributed by atoms with Gasteiger partial charge in [-0.2, -0.15) is 0 Å². The highest BCUT2D eigenvalue weighted by molar-refractivity contribution is 5.87. The molecule has 0 aromatic rings. The lowest BCUT2D eigenvalue weighted by Crippen LogP contribution is -2.45. The monoisotopic (exact) mass is 314 g/mol. The number of ketones is 1. The van der Waals surface area contributed by atoms with Crippen LogP contribution in [0.5, 0.6) is 0 Å². The smallest absolute Gasteiger partial charge is 0.139 e. The topological polar surface area (TPSA) is 26.3 Å². The zero-order chi connectivity index (χ0) is 16.0. The molecule has 0 heterocycles. The number of Topliss-reactive ketones (excluding diaryl/α,β-unsaturated/α-hetero) is 1. The summed E-state index contributed by atoms with van der Waals surface area (Å²) in [7, 11) is 0. The van der Waals surface area contributed by atoms with Crippen LogP contribution in [0.4, 0.5) is 0 Å². The van der Waals surface area contributed by atoms with Crippen LogP contribution in [0, 0.1) is 29.1 Å². The molecular weight excluding hydrogens is 284 g/mol. The second-order valence-corrected chi connectivity index (χ2v) is 8.40. The molecule has 0 unspecified atom stereocenters. The first-order valence-electron chi connectivity index (χ1n) is 9.70. The molecule has 2 nitrogen and oxygen atoms in total. The normalized spacial score (nSPS) is 42.3. The van der Waals surface area contributed by atoms with E-state index in [1.165, 1.54) is 30.6 Å². The Hall–Kier alpha value is -1.05. The van der Waals surface area contributed by atoms with Crippen molar-refractivity contribution in [2.24, 2.45) is 29.1 Å². The van der Waals surface area contributed by atoms with Crippen LogP contribution < -0.4 is 0 Å². The van der Waals surface area contributed by atoms with Gasteiger partial charge in [0.05, 0.1) is 12.4 Å². The Kier molecular flexibility index (Phi) is 3.90. The van der Waals surface area contributed by atoms with Crippen LogP contribution in [0.2, 0.25) is 0 Å². The number of hydrogen-bond donors (Lipinski definition) is 0. The van der Waals surface area contributed by atoms with Crippen molar-refractivity contribution in [2.75, 3.05) is 6.61 Å². The van der Waals surface area contributed by atoms with Crippen molar-refractivity contribution in [2.45, 2.75) is 65.2 Å². The van der Waals surface area contributed by atoms with E-state index in [-0.39, 0.29) is 5.41 Å². The number of carbonyl (C=O) groups excluding carboxylic acids is 1. The number of hydrogen-bond acceptors (Lipinski definition) is 2. The molecule has 4 rings (SSSR count). The van der Waals surface area contributed by atoms with Crippen LogP contribution in [-0.2, 0) is 9.53 Å². The molecule has 2 heteroatoms. The van der Waals surface area contributed by atoms with Crippen molar-refractivity contribution < 1.29 is 9.53 Å². The van der Waals surface area contributed by atoms with Crippen molar-refractivity contribution in [3.8, 4) is 0 Å². The predicted octanol–water partition coefficient (Wildman–Crippen LogP) is 5.05. The van der Waals surface area contributed by atoms with Crippen LogP contribution in [0.15, 0.2) is 23.5 Å². The molecule has 5 atom stereocenters. The Morgan fingerprint density at radius 2 is 2.09 bits per heavy atom. The van der Waals surface area contributed by atoms with Gasteiger partial charge in [0.1, 0.15) is 5.78 Å². The molecule has 0 amide bonds. The lowest BCUT2D eigenvalue weighted by atomic mass is 9.53. The maximum atomic E-state index is 12.4. The van der Waals surface area contributed by atoms with Crippen molar-refractivity contribution in [1.82, 2.24) is 0 Å². The van der Waals surface area contributed by atoms with Gasteiger partial charge in [0, 0.05) is 18.3 Å². The van der Waals surface area contributed by atoms with E-state index in [9.17, 15) is 4.79 Å². The van der Waals surface area contributed by atoms with Crippen LogP contribution in [0.1, 0.15) is 65.2 Å². The lowest BCUT2D eigenvalue weighted by molar-refractivity contribution is -0.130. The van der Waals surface area contributed by atoms with E-state index in [0.29, 0.717) is 11.7 Å². The van der Waals surface area contributed by atoms with Crippen molar-refractivity contribution >= 4 is 5.78 Å². The number of carbonyl (C=O) groups is 1. The molecule has 0 aromatic heterocycles. The van der Waals surface area contributed by atoms with E-state index in [1.807, 2.05) is 0 Å². The Morgan fingerprint density at radius 1 is 1.22 bits per heavy atom. The van der Waals surface area contributed by atoms with E-state index < -0.39 is 0 Å². The molecule has 0 N–H and O–H groups in total. The third kappa shape index (κ3) is 2.40. The Balaban J connectivity index is 1.56. The third-order valence-electron chi connectivity index (χ3n) is 7.29. The van der Waals surface area contributed by atoms with Crippen LogP contribution in [0.25, 0.3) is 0 Å². The van der Waals surface area contributed by atoms with E-state index >= 15 is 0 Å². The van der Waals surface area contributed by atoms with Gasteiger partial charge in [-0.05, 0) is 73.8 Å². The minimum atomic E-state index is 0.00636. The molecule has 0 radical (unpaired) electrons. The summed E-state index contributed by atoms with van der Waals surface area (Å²) < 4.78 is 5.89. The first-order valence-corrected chi connectivity index (χ1v) is 9.70. The molecule has 0 aliphatic heterocycles. The number of ether oxygens (including phenoxy) is 1. The average Bonchev–Trinajstić information content (AvgIpc) is 2.88. The van der Waals surface area contributed by atoms with Crippen LogP contribution >= 0.6 is 0 Å². The zero-order valence-corrected chi connectivity index (χ0v) is 14.6. The van der Waals surface area contributed by atoms with Crippen LogP contribution in [0.3, 0.4) is 0 Å². The predicted molar refractivity (Wildman–Crippen MR) is 91.8 cm³/mol. The first kappa shape index (κ1) is 15.5. The fourth-order valence-corrected chi connectivity index (χ4v) is 6.05. The summed E-state index contributed by atoms with van der Waals surface area (Å²) in [5.41, 5.74) is 1.54. The van der Waals surface area contributed by atoms with E-state index in [2.05, 4.69) is 26.0 Å². The highest BCUT2D eigenvalue weighted by Gasteiger charge is 2.55. The maximum Gasteiger partial charge on any atom is 0.139 e. The molecule has 0 aromatic carbocycles. The second kappa shape index (κ2) is 5.79. The highest BCUT2D eigenvalue weighted by atomic mass is 16.5. The molecule has 0 spiro atoms. The summed E-state index contributed by atoms with van der Waals surface area (Å²) in [6.45, 7) is 5.27. The van der Waals surface area contributed by atoms with Gasteiger partial charge >= 0.3 is 0 Å². The Labute approximate surface area is 140 Å². The summed E-state index contributed by atoms with van der Waals surface area (Å²) in [5, 5.41) is 0. The molecule has 2 saturated carbocycles. The third-order valence-corrected chi connectivity index (χ3v) is 7.29. The molecule has 0 saturated heterocycles. The fourth-order valence-electron chi connectivity index (χ4n) is 6.05. The van der Waals surface area contributed by atoms with E-state index in [1.54, 1.807) is 0 Å². The lowest BCUT2D eigenvalue weighted by Gasteiger charge is -2.50. The summed E-state index contributed by atoms with van der Waals surface area (Å²) in [4.78, 5) is 12.4. The van der Waals surface area contributed by atoms with Gasteiger partial charge in [0.2, 0.25) is 0 Å². The van der Waals surface area contributed by atoms with Crippen molar-refractivity contribution in [1.29, 1.82) is 0 Å². The molecular formula is C21H30O2. The van der Waals surface area contributed by atoms with Gasteiger partial charge in [-0.3, -0.25) is 4.79 Å². The number of rotatable bonds is 3. The molecule has 2 fully saturated rings. The first-order chi connectivity index (χ1) is 11.1. The quantitative estimate of drug-likeness (QED) is 0.728. The molecule has 126 valence electrons. The maximum absolute atomic E-state index is 12.4. The summed E-state index contributed by atoms with van der Waals surface area (Å²) in [6, 6.07) is 0. The second-order valence-electron chi connectivity index (χ2n) is 8.40. The summed E-state index contributed by atoms with van der Waals surface area (Å²) in [5.74, 6) is 4.68. The zero-order valence-electron chi connectivity index (χ0n) is 14.6. The SMILES string of the molecule is CCCOC1=CC2=CC[C@@H]3[C@H](CC[C@]4(C)C(=O)CC[C@@H]34)[C@H]2CC1. The fraction of sp³-hybridized carbons (Fsp3) is 0.762. The number of fused-ring (bicyclic) bond motifs is 5. The Bertz CT molecular complexity index is 558. The average molecular weight is 314 g/mol. The molecule has 23 heavy (non-hydrogen) atoms. The van der Waals surface area contributed by atoms with E-state index in [4.69, 9.17) is 4.74 Å². The van der Waals surface area contributed by atoms with Gasteiger partial charge in [0.15, 0.2) is 0 Å². The van der Waals surface area contributed by atoms with Gasteiger partial charge in [-0.1, -0.05) is 19.9 Å². The summed E-state index contributed by atoms with van der Waals surface area (Å²) in [6.07, 6.45) is 13.8. The van der Waals surface area contributed by atoms with Gasteiger partial charge in [0.25, 0.3) is 0 Å².